The highest BCUT2D eigenvalue weighted by Crippen LogP contribution is 2.48. The molecule has 5 nitrogen and oxygen atoms in total. The number of hydrogen-bond acceptors (Lipinski definition) is 2. The Hall–Kier alpha value is -7.11. The Morgan fingerprint density at radius 3 is 1.62 bits per heavy atom. The van der Waals surface area contributed by atoms with Gasteiger partial charge in [0.2, 0.25) is 0 Å². The van der Waals surface area contributed by atoms with Crippen LogP contribution in [0.15, 0.2) is 169 Å². The summed E-state index contributed by atoms with van der Waals surface area (Å²) in [7, 11) is 0. The van der Waals surface area contributed by atoms with Crippen LogP contribution >= 0.6 is 0 Å². The minimum absolute atomic E-state index is 0.682. The molecule has 0 radical (unpaired) electrons. The molecule has 1 aliphatic rings. The van der Waals surface area contributed by atoms with E-state index in [2.05, 4.69) is 153 Å². The Morgan fingerprint density at radius 1 is 0.434 bits per heavy atom. The summed E-state index contributed by atoms with van der Waals surface area (Å²) in [4.78, 5) is 5.24. The van der Waals surface area contributed by atoms with Crippen molar-refractivity contribution in [3.05, 3.63) is 169 Å². The molecule has 1 aliphatic heterocycles. The van der Waals surface area contributed by atoms with Gasteiger partial charge < -0.3 is 19.4 Å². The van der Waals surface area contributed by atoms with Crippen LogP contribution in [0.25, 0.3) is 87.6 Å². The van der Waals surface area contributed by atoms with Gasteiger partial charge in [0.05, 0.1) is 51.2 Å². The van der Waals surface area contributed by atoms with E-state index in [0.717, 1.165) is 28.3 Å². The van der Waals surface area contributed by atoms with E-state index in [1.54, 1.807) is 0 Å². The van der Waals surface area contributed by atoms with Crippen molar-refractivity contribution in [2.75, 3.05) is 5.73 Å². The van der Waals surface area contributed by atoms with Crippen molar-refractivity contribution in [2.45, 2.75) is 6.54 Å². The predicted molar refractivity (Wildman–Crippen MR) is 223 cm³/mol. The van der Waals surface area contributed by atoms with Crippen molar-refractivity contribution >= 4 is 93.3 Å². The molecule has 53 heavy (non-hydrogen) atoms. The van der Waals surface area contributed by atoms with Crippen molar-refractivity contribution in [3.63, 3.8) is 0 Å². The lowest BCUT2D eigenvalue weighted by molar-refractivity contribution is 0.962. The van der Waals surface area contributed by atoms with E-state index in [9.17, 15) is 0 Å². The fourth-order valence-electron chi connectivity index (χ4n) is 9.26. The highest BCUT2D eigenvalue weighted by atomic mass is 15.0. The smallest absolute Gasteiger partial charge is 0.0863 e. The number of nitrogens with zero attached hydrogens (tertiary/aromatic N) is 4. The second-order valence-electron chi connectivity index (χ2n) is 14.1. The lowest BCUT2D eigenvalue weighted by atomic mass is 9.99. The van der Waals surface area contributed by atoms with E-state index in [0.29, 0.717) is 12.2 Å². The van der Waals surface area contributed by atoms with Crippen molar-refractivity contribution in [2.24, 2.45) is 4.99 Å². The topological polar surface area (TPSA) is 53.2 Å². The zero-order chi connectivity index (χ0) is 34.8. The molecule has 0 bridgehead atoms. The molecule has 5 heteroatoms. The van der Waals surface area contributed by atoms with Crippen LogP contribution in [0.2, 0.25) is 0 Å². The number of hydrogen-bond donors (Lipinski definition) is 1. The molecule has 0 aliphatic carbocycles. The largest absolute Gasteiger partial charge is 0.397 e. The molecule has 0 spiro atoms. The lowest BCUT2D eigenvalue weighted by Gasteiger charge is -2.14. The number of para-hydroxylation sites is 6. The number of benzene rings is 8. The van der Waals surface area contributed by atoms with Crippen molar-refractivity contribution in [1.82, 2.24) is 13.7 Å². The van der Waals surface area contributed by atoms with Gasteiger partial charge in [-0.05, 0) is 54.6 Å². The fourth-order valence-corrected chi connectivity index (χ4v) is 9.26. The molecule has 0 amide bonds. The molecule has 0 atom stereocenters. The molecular formula is C48H31N5. The molecule has 0 unspecified atom stereocenters. The van der Waals surface area contributed by atoms with Gasteiger partial charge in [-0.2, -0.15) is 0 Å². The van der Waals surface area contributed by atoms with E-state index in [1.807, 2.05) is 24.3 Å². The molecule has 248 valence electrons. The maximum atomic E-state index is 6.46. The van der Waals surface area contributed by atoms with Crippen LogP contribution in [0.4, 0.5) is 11.4 Å². The number of nitrogen functional groups attached to an aromatic ring is 1. The molecule has 12 rings (SSSR count). The minimum Gasteiger partial charge on any atom is -0.397 e. The van der Waals surface area contributed by atoms with Gasteiger partial charge in [0.1, 0.15) is 0 Å². The number of anilines is 1. The van der Waals surface area contributed by atoms with Gasteiger partial charge in [-0.15, -0.1) is 0 Å². The van der Waals surface area contributed by atoms with Crippen LogP contribution in [0.3, 0.4) is 0 Å². The molecule has 0 saturated heterocycles. The lowest BCUT2D eigenvalue weighted by Crippen LogP contribution is -2.04. The molecule has 8 aromatic carbocycles. The van der Waals surface area contributed by atoms with Crippen molar-refractivity contribution in [3.8, 4) is 11.4 Å². The molecule has 3 aromatic heterocycles. The van der Waals surface area contributed by atoms with Gasteiger partial charge in [-0.1, -0.05) is 109 Å². The average molecular weight is 678 g/mol. The summed E-state index contributed by atoms with van der Waals surface area (Å²) in [6.45, 7) is 0.687. The van der Waals surface area contributed by atoms with Gasteiger partial charge >= 0.3 is 0 Å². The summed E-state index contributed by atoms with van der Waals surface area (Å²) in [6, 6.07) is 58.9. The normalized spacial score (nSPS) is 13.7. The van der Waals surface area contributed by atoms with E-state index in [4.69, 9.17) is 10.7 Å². The van der Waals surface area contributed by atoms with Crippen LogP contribution in [-0.4, -0.2) is 19.4 Å². The fraction of sp³-hybridized carbons (Fsp3) is 0.0208. The first-order valence-electron chi connectivity index (χ1n) is 18.1. The Kier molecular flexibility index (Phi) is 5.64. The van der Waals surface area contributed by atoms with Crippen LogP contribution in [0.1, 0.15) is 5.56 Å². The van der Waals surface area contributed by atoms with Crippen LogP contribution in [-0.2, 0) is 6.54 Å². The summed E-state index contributed by atoms with van der Waals surface area (Å²) in [5, 5.41) is 9.96. The van der Waals surface area contributed by atoms with Gasteiger partial charge in [-0.25, -0.2) is 4.99 Å². The molecule has 11 aromatic rings. The number of aliphatic imine (C=N–C) groups is 1. The highest BCUT2D eigenvalue weighted by molar-refractivity contribution is 6.37. The SMILES string of the molecule is Nc1ccccc1N=C1Cn2c3ccccc3c3cc(-n4c5ccccc5c5c6c7ccccc7n(-c7ccccc7)c6c6ccccc6c54)cc1c32. The van der Waals surface area contributed by atoms with Crippen LogP contribution in [0.5, 0.6) is 0 Å². The highest BCUT2D eigenvalue weighted by Gasteiger charge is 2.28. The third-order valence-corrected chi connectivity index (χ3v) is 11.4. The van der Waals surface area contributed by atoms with Crippen molar-refractivity contribution < 1.29 is 0 Å². The molecular weight excluding hydrogens is 647 g/mol. The maximum Gasteiger partial charge on any atom is 0.0863 e. The van der Waals surface area contributed by atoms with E-state index >= 15 is 0 Å². The Labute approximate surface area is 304 Å². The number of fused-ring (bicyclic) bond motifs is 13. The maximum absolute atomic E-state index is 6.46. The predicted octanol–water partition coefficient (Wildman–Crippen LogP) is 11.9. The monoisotopic (exact) mass is 677 g/mol. The summed E-state index contributed by atoms with van der Waals surface area (Å²) in [5.74, 6) is 0. The summed E-state index contributed by atoms with van der Waals surface area (Å²) in [6.07, 6.45) is 0. The van der Waals surface area contributed by atoms with Gasteiger partial charge in [0.25, 0.3) is 0 Å². The molecule has 0 saturated carbocycles. The van der Waals surface area contributed by atoms with Crippen molar-refractivity contribution in [1.29, 1.82) is 0 Å². The minimum atomic E-state index is 0.682. The first-order valence-corrected chi connectivity index (χ1v) is 18.1. The first kappa shape index (κ1) is 28.6. The summed E-state index contributed by atoms with van der Waals surface area (Å²) < 4.78 is 7.39. The number of rotatable bonds is 3. The summed E-state index contributed by atoms with van der Waals surface area (Å²) in [5.41, 5.74) is 19.6. The number of nitrogens with two attached hydrogens (primary N) is 1. The first-order chi connectivity index (χ1) is 26.2. The summed E-state index contributed by atoms with van der Waals surface area (Å²) >= 11 is 0. The van der Waals surface area contributed by atoms with E-state index in [-0.39, 0.29) is 0 Å². The zero-order valence-corrected chi connectivity index (χ0v) is 28.7. The van der Waals surface area contributed by atoms with Gasteiger partial charge in [-0.3, -0.25) is 0 Å². The Morgan fingerprint density at radius 2 is 0.962 bits per heavy atom. The van der Waals surface area contributed by atoms with Crippen LogP contribution < -0.4 is 5.73 Å². The Bertz CT molecular complexity index is 3370. The third kappa shape index (κ3) is 3.78. The molecule has 0 fully saturated rings. The second kappa shape index (κ2) is 10.5. The van der Waals surface area contributed by atoms with E-state index < -0.39 is 0 Å². The number of aromatic nitrogens is 3. The molecule has 4 heterocycles. The van der Waals surface area contributed by atoms with Gasteiger partial charge in [0.15, 0.2) is 0 Å². The Balaban J connectivity index is 1.28. The zero-order valence-electron chi connectivity index (χ0n) is 28.7. The van der Waals surface area contributed by atoms with Crippen LogP contribution in [0, 0.1) is 0 Å². The second-order valence-corrected chi connectivity index (χ2v) is 14.1. The molecule has 2 N–H and O–H groups in total. The van der Waals surface area contributed by atoms with Gasteiger partial charge in [0, 0.05) is 65.5 Å². The van der Waals surface area contributed by atoms with E-state index in [1.165, 1.54) is 76.2 Å². The average Bonchev–Trinajstić information content (AvgIpc) is 3.94. The third-order valence-electron chi connectivity index (χ3n) is 11.4. The quantitative estimate of drug-likeness (QED) is 0.186. The standard InChI is InChI=1S/C48H31N5/c49-38-21-9-10-22-39(38)50-40-28-51-41-23-11-6-16-31(41)36-26-30(27-37(40)46(36)51)53-43-25-13-8-20-35(43)45-44-34-19-7-12-24-42(34)52(29-14-2-1-3-15-29)47(44)32-17-4-5-18-33(32)48(45)53/h1-27H,28,49H2.